The van der Waals surface area contributed by atoms with Crippen molar-refractivity contribution in [2.24, 2.45) is 0 Å². The van der Waals surface area contributed by atoms with Crippen LogP contribution in [0, 0.1) is 0 Å². The quantitative estimate of drug-likeness (QED) is 0.832. The minimum Gasteiger partial charge on any atom is -0.316 e. The fourth-order valence-electron chi connectivity index (χ4n) is 3.45. The number of anilines is 1. The van der Waals surface area contributed by atoms with Crippen LogP contribution in [0.1, 0.15) is 13.3 Å². The van der Waals surface area contributed by atoms with Crippen LogP contribution in [0.5, 0.6) is 0 Å². The zero-order chi connectivity index (χ0) is 18.0. The Balaban J connectivity index is 1.70. The van der Waals surface area contributed by atoms with Gasteiger partial charge in [0.25, 0.3) is 0 Å². The Morgan fingerprint density at radius 1 is 1.16 bits per heavy atom. The van der Waals surface area contributed by atoms with E-state index >= 15 is 0 Å². The lowest BCUT2D eigenvalue weighted by Gasteiger charge is -2.32. The number of hydrogen-bond donors (Lipinski definition) is 1. The summed E-state index contributed by atoms with van der Waals surface area (Å²) in [5.74, 6) is -0.0889. The van der Waals surface area contributed by atoms with Crippen molar-refractivity contribution >= 4 is 21.6 Å². The Hall–Kier alpha value is -1.48. The summed E-state index contributed by atoms with van der Waals surface area (Å²) in [5.41, 5.74) is 0.687. The largest absolute Gasteiger partial charge is 0.316 e. The molecule has 0 bridgehead atoms. The third-order valence-electron chi connectivity index (χ3n) is 5.13. The van der Waals surface area contributed by atoms with Crippen molar-refractivity contribution in [3.63, 3.8) is 0 Å². The average molecular weight is 366 g/mol. The van der Waals surface area contributed by atoms with Gasteiger partial charge in [-0.1, -0.05) is 0 Å². The summed E-state index contributed by atoms with van der Waals surface area (Å²) in [5, 5.41) is 3.33. The summed E-state index contributed by atoms with van der Waals surface area (Å²) in [7, 11) is -1.81. The van der Waals surface area contributed by atoms with Crippen LogP contribution in [0.2, 0.25) is 0 Å². The maximum atomic E-state index is 12.9. The number of carbonyl (C=O) groups is 1. The molecular weight excluding hydrogens is 340 g/mol. The minimum absolute atomic E-state index is 0.0889. The van der Waals surface area contributed by atoms with Gasteiger partial charge in [-0.2, -0.15) is 4.31 Å². The number of carbonyl (C=O) groups excluding carboxylic acids is 1. The second kappa shape index (κ2) is 7.41. The van der Waals surface area contributed by atoms with E-state index in [0.29, 0.717) is 24.8 Å². The summed E-state index contributed by atoms with van der Waals surface area (Å²) >= 11 is 0. The van der Waals surface area contributed by atoms with E-state index in [1.807, 2.05) is 0 Å². The predicted octanol–water partition coefficient (Wildman–Crippen LogP) is 0.338. The molecular formula is C17H26N4O3S. The zero-order valence-corrected chi connectivity index (χ0v) is 15.6. The second-order valence-electron chi connectivity index (χ2n) is 6.66. The summed E-state index contributed by atoms with van der Waals surface area (Å²) in [6.45, 7) is 6.48. The van der Waals surface area contributed by atoms with Gasteiger partial charge in [-0.3, -0.25) is 9.69 Å². The third kappa shape index (κ3) is 3.87. The van der Waals surface area contributed by atoms with Crippen molar-refractivity contribution in [1.29, 1.82) is 0 Å². The Kier molecular flexibility index (Phi) is 5.43. The van der Waals surface area contributed by atoms with E-state index in [1.54, 1.807) is 35.6 Å². The molecule has 25 heavy (non-hydrogen) atoms. The van der Waals surface area contributed by atoms with Crippen molar-refractivity contribution in [3.05, 3.63) is 24.3 Å². The number of amides is 1. The van der Waals surface area contributed by atoms with Gasteiger partial charge in [-0.25, -0.2) is 8.42 Å². The number of hydrogen-bond acceptors (Lipinski definition) is 5. The fourth-order valence-corrected chi connectivity index (χ4v) is 4.94. The maximum absolute atomic E-state index is 12.9. The molecule has 1 atom stereocenters. The van der Waals surface area contributed by atoms with Gasteiger partial charge in [0.15, 0.2) is 0 Å². The summed E-state index contributed by atoms with van der Waals surface area (Å²) in [4.78, 5) is 15.6. The molecule has 1 aromatic rings. The van der Waals surface area contributed by atoms with Gasteiger partial charge in [0.05, 0.1) is 4.90 Å². The zero-order valence-electron chi connectivity index (χ0n) is 14.8. The van der Waals surface area contributed by atoms with Crippen LogP contribution in [0.25, 0.3) is 0 Å². The summed E-state index contributed by atoms with van der Waals surface area (Å²) in [6.07, 6.45) is 0.879. The van der Waals surface area contributed by atoms with Crippen LogP contribution >= 0.6 is 0 Å². The summed E-state index contributed by atoms with van der Waals surface area (Å²) < 4.78 is 27.4. The van der Waals surface area contributed by atoms with Gasteiger partial charge >= 0.3 is 0 Å². The number of benzene rings is 1. The number of piperazine rings is 1. The fraction of sp³-hybridized carbons (Fsp3) is 0.588. The first-order valence-corrected chi connectivity index (χ1v) is 10.1. The molecule has 7 nitrogen and oxygen atoms in total. The van der Waals surface area contributed by atoms with Crippen LogP contribution in [0.15, 0.2) is 29.2 Å². The Bertz CT molecular complexity index is 714. The van der Waals surface area contributed by atoms with Gasteiger partial charge in [-0.15, -0.1) is 0 Å². The summed E-state index contributed by atoms with van der Waals surface area (Å²) in [6, 6.07) is 6.83. The van der Waals surface area contributed by atoms with Crippen molar-refractivity contribution in [1.82, 2.24) is 14.5 Å². The molecule has 1 amide bonds. The average Bonchev–Trinajstić information content (AvgIpc) is 3.13. The molecule has 1 N–H and O–H groups in total. The monoisotopic (exact) mass is 366 g/mol. The van der Waals surface area contributed by atoms with Crippen LogP contribution in [0.3, 0.4) is 0 Å². The maximum Gasteiger partial charge on any atom is 0.243 e. The number of nitrogens with zero attached hydrogens (tertiary/aromatic N) is 3. The Morgan fingerprint density at radius 3 is 2.40 bits per heavy atom. The molecule has 1 unspecified atom stereocenters. The van der Waals surface area contributed by atoms with Crippen LogP contribution < -0.4 is 10.2 Å². The molecule has 3 rings (SSSR count). The van der Waals surface area contributed by atoms with Gasteiger partial charge in [-0.05, 0) is 30.7 Å². The van der Waals surface area contributed by atoms with Crippen LogP contribution in [-0.2, 0) is 14.8 Å². The van der Waals surface area contributed by atoms with Crippen molar-refractivity contribution in [2.45, 2.75) is 24.3 Å². The molecule has 0 aromatic heterocycles. The van der Waals surface area contributed by atoms with Crippen LogP contribution in [-0.4, -0.2) is 75.9 Å². The molecule has 0 saturated carbocycles. The molecule has 1 aromatic carbocycles. The highest BCUT2D eigenvalue weighted by Crippen LogP contribution is 2.25. The first-order valence-electron chi connectivity index (χ1n) is 8.69. The molecule has 0 radical (unpaired) electrons. The molecule has 2 heterocycles. The van der Waals surface area contributed by atoms with Gasteiger partial charge < -0.3 is 10.2 Å². The van der Waals surface area contributed by atoms with E-state index in [4.69, 9.17) is 0 Å². The van der Waals surface area contributed by atoms with Crippen molar-refractivity contribution in [3.8, 4) is 0 Å². The smallest absolute Gasteiger partial charge is 0.243 e. The highest BCUT2D eigenvalue weighted by molar-refractivity contribution is 7.89. The highest BCUT2D eigenvalue weighted by atomic mass is 32.2. The van der Waals surface area contributed by atoms with E-state index in [9.17, 15) is 13.2 Å². The molecule has 2 aliphatic heterocycles. The third-order valence-corrected chi connectivity index (χ3v) is 7.01. The normalized spacial score (nSPS) is 22.9. The highest BCUT2D eigenvalue weighted by Gasteiger charge is 2.35. The van der Waals surface area contributed by atoms with Crippen molar-refractivity contribution in [2.75, 3.05) is 51.2 Å². The lowest BCUT2D eigenvalue weighted by atomic mass is 10.2. The number of nitrogens with one attached hydrogen (secondary N) is 1. The predicted molar refractivity (Wildman–Crippen MR) is 97.1 cm³/mol. The second-order valence-corrected chi connectivity index (χ2v) is 8.60. The first-order chi connectivity index (χ1) is 11.9. The van der Waals surface area contributed by atoms with Gasteiger partial charge in [0, 0.05) is 65.0 Å². The van der Waals surface area contributed by atoms with E-state index < -0.39 is 10.0 Å². The lowest BCUT2D eigenvalue weighted by molar-refractivity contribution is -0.116. The van der Waals surface area contributed by atoms with E-state index in [1.165, 1.54) is 11.8 Å². The Morgan fingerprint density at radius 2 is 1.80 bits per heavy atom. The SMILES string of the molecule is CC(=O)N(C)c1ccc(S(=O)(=O)N2CCC(N3CCNCC3)C2)cc1. The molecule has 0 spiro atoms. The van der Waals surface area contributed by atoms with E-state index in [-0.39, 0.29) is 10.8 Å². The van der Waals surface area contributed by atoms with E-state index in [0.717, 1.165) is 32.6 Å². The Labute approximate surface area is 149 Å². The van der Waals surface area contributed by atoms with Gasteiger partial charge in [0.1, 0.15) is 0 Å². The molecule has 2 saturated heterocycles. The molecule has 138 valence electrons. The topological polar surface area (TPSA) is 73.0 Å². The molecule has 2 fully saturated rings. The number of rotatable bonds is 4. The van der Waals surface area contributed by atoms with Crippen LogP contribution in [0.4, 0.5) is 5.69 Å². The van der Waals surface area contributed by atoms with E-state index in [2.05, 4.69) is 10.2 Å². The lowest BCUT2D eigenvalue weighted by Crippen LogP contribution is -2.49. The number of sulfonamides is 1. The molecule has 8 heteroatoms. The minimum atomic E-state index is -3.49. The van der Waals surface area contributed by atoms with Crippen molar-refractivity contribution < 1.29 is 13.2 Å². The standard InChI is InChI=1S/C17H26N4O3S/c1-14(22)19(2)15-3-5-17(6-4-15)25(23,24)21-10-7-16(13-21)20-11-8-18-9-12-20/h3-6,16,18H,7-13H2,1-2H3. The first kappa shape index (κ1) is 18.3. The van der Waals surface area contributed by atoms with Gasteiger partial charge in [0.2, 0.25) is 15.9 Å². The molecule has 2 aliphatic rings. The molecule has 0 aliphatic carbocycles.